The molecule has 114 valence electrons. The van der Waals surface area contributed by atoms with Gasteiger partial charge in [-0.2, -0.15) is 0 Å². The number of carboxylic acid groups (broad SMARTS) is 1. The van der Waals surface area contributed by atoms with E-state index in [1.807, 2.05) is 37.3 Å². The van der Waals surface area contributed by atoms with Crippen LogP contribution in [0.4, 0.5) is 0 Å². The number of hydrogen-bond acceptors (Lipinski definition) is 3. The van der Waals surface area contributed by atoms with E-state index < -0.39 is 12.0 Å². The van der Waals surface area contributed by atoms with Crippen molar-refractivity contribution in [2.45, 2.75) is 38.3 Å². The Bertz CT molecular complexity index is 488. The molecule has 1 aliphatic heterocycles. The van der Waals surface area contributed by atoms with Crippen molar-refractivity contribution >= 4 is 11.9 Å². The van der Waals surface area contributed by atoms with Crippen molar-refractivity contribution in [2.24, 2.45) is 5.92 Å². The lowest BCUT2D eigenvalue weighted by atomic mass is 9.97. The Morgan fingerprint density at radius 1 is 1.38 bits per heavy atom. The van der Waals surface area contributed by atoms with Gasteiger partial charge in [0.1, 0.15) is 6.04 Å². The fraction of sp³-hybridized carbons (Fsp3) is 0.500. The zero-order valence-electron chi connectivity index (χ0n) is 12.1. The fourth-order valence-corrected chi connectivity index (χ4v) is 2.68. The van der Waals surface area contributed by atoms with Crippen LogP contribution in [0.15, 0.2) is 30.3 Å². The quantitative estimate of drug-likeness (QED) is 0.835. The van der Waals surface area contributed by atoms with Gasteiger partial charge >= 0.3 is 5.97 Å². The maximum absolute atomic E-state index is 12.3. The normalized spacial score (nSPS) is 22.7. The van der Waals surface area contributed by atoms with E-state index in [4.69, 9.17) is 4.74 Å². The Balaban J connectivity index is 1.99. The van der Waals surface area contributed by atoms with Crippen molar-refractivity contribution in [1.29, 1.82) is 0 Å². The van der Waals surface area contributed by atoms with Crippen molar-refractivity contribution in [3.8, 4) is 0 Å². The average Bonchev–Trinajstić information content (AvgIpc) is 2.96. The third-order valence-corrected chi connectivity index (χ3v) is 3.85. The van der Waals surface area contributed by atoms with Crippen LogP contribution in [0.1, 0.15) is 25.3 Å². The molecule has 2 N–H and O–H groups in total. The highest BCUT2D eigenvalue weighted by atomic mass is 16.5. The SMILES string of the molecule is CCC1OCCC1C(=O)N[C@H](Cc1ccccc1)C(=O)O. The van der Waals surface area contributed by atoms with Gasteiger partial charge in [-0.1, -0.05) is 37.3 Å². The second-order valence-electron chi connectivity index (χ2n) is 5.30. The minimum Gasteiger partial charge on any atom is -0.480 e. The van der Waals surface area contributed by atoms with Gasteiger partial charge in [0.2, 0.25) is 5.91 Å². The minimum atomic E-state index is -1.01. The molecule has 1 aromatic rings. The van der Waals surface area contributed by atoms with Gasteiger partial charge in [-0.25, -0.2) is 4.79 Å². The molecule has 1 aromatic carbocycles. The number of carboxylic acids is 1. The Kier molecular flexibility index (Phi) is 5.33. The molecule has 1 amide bonds. The van der Waals surface area contributed by atoms with Gasteiger partial charge in [-0.3, -0.25) is 4.79 Å². The van der Waals surface area contributed by atoms with Crippen LogP contribution in [-0.2, 0) is 20.7 Å². The molecule has 0 aromatic heterocycles. The van der Waals surface area contributed by atoms with Gasteiger partial charge in [0, 0.05) is 13.0 Å². The molecule has 5 heteroatoms. The molecular formula is C16H21NO4. The van der Waals surface area contributed by atoms with Crippen molar-refractivity contribution in [3.63, 3.8) is 0 Å². The zero-order chi connectivity index (χ0) is 15.2. The summed E-state index contributed by atoms with van der Waals surface area (Å²) in [6, 6.07) is 8.39. The zero-order valence-corrected chi connectivity index (χ0v) is 12.1. The molecule has 0 radical (unpaired) electrons. The Morgan fingerprint density at radius 2 is 2.10 bits per heavy atom. The Labute approximate surface area is 124 Å². The van der Waals surface area contributed by atoms with Crippen molar-refractivity contribution in [3.05, 3.63) is 35.9 Å². The number of aliphatic carboxylic acids is 1. The van der Waals surface area contributed by atoms with Crippen LogP contribution in [0.5, 0.6) is 0 Å². The van der Waals surface area contributed by atoms with Gasteiger partial charge in [-0.15, -0.1) is 0 Å². The predicted octanol–water partition coefficient (Wildman–Crippen LogP) is 1.61. The van der Waals surface area contributed by atoms with Crippen molar-refractivity contribution in [2.75, 3.05) is 6.61 Å². The topological polar surface area (TPSA) is 75.6 Å². The summed E-state index contributed by atoms with van der Waals surface area (Å²) in [5, 5.41) is 12.0. The average molecular weight is 291 g/mol. The summed E-state index contributed by atoms with van der Waals surface area (Å²) in [7, 11) is 0. The highest BCUT2D eigenvalue weighted by molar-refractivity contribution is 5.85. The molecule has 0 aliphatic carbocycles. The smallest absolute Gasteiger partial charge is 0.326 e. The number of ether oxygens (including phenoxy) is 1. The first-order valence-electron chi connectivity index (χ1n) is 7.30. The first-order valence-corrected chi connectivity index (χ1v) is 7.30. The lowest BCUT2D eigenvalue weighted by Gasteiger charge is -2.20. The predicted molar refractivity (Wildman–Crippen MR) is 77.9 cm³/mol. The second-order valence-corrected chi connectivity index (χ2v) is 5.30. The summed E-state index contributed by atoms with van der Waals surface area (Å²) in [5.41, 5.74) is 0.889. The van der Waals surface area contributed by atoms with Crippen LogP contribution in [0.3, 0.4) is 0 Å². The Morgan fingerprint density at radius 3 is 2.71 bits per heavy atom. The van der Waals surface area contributed by atoms with E-state index >= 15 is 0 Å². The molecule has 0 spiro atoms. The minimum absolute atomic E-state index is 0.101. The maximum Gasteiger partial charge on any atom is 0.326 e. The number of benzene rings is 1. The molecule has 1 fully saturated rings. The number of hydrogen-bond donors (Lipinski definition) is 2. The summed E-state index contributed by atoms with van der Waals surface area (Å²) in [6.07, 6.45) is 1.60. The molecule has 1 heterocycles. The summed E-state index contributed by atoms with van der Waals surface area (Å²) in [4.78, 5) is 23.6. The van der Waals surface area contributed by atoms with E-state index in [1.165, 1.54) is 0 Å². The summed E-state index contributed by atoms with van der Waals surface area (Å²) in [5.74, 6) is -1.48. The van der Waals surface area contributed by atoms with Crippen LogP contribution >= 0.6 is 0 Å². The van der Waals surface area contributed by atoms with E-state index in [-0.39, 0.29) is 24.3 Å². The number of rotatable bonds is 6. The van der Waals surface area contributed by atoms with Gasteiger partial charge < -0.3 is 15.2 Å². The van der Waals surface area contributed by atoms with Gasteiger partial charge in [0.05, 0.1) is 12.0 Å². The number of amides is 1. The van der Waals surface area contributed by atoms with E-state index in [0.717, 1.165) is 12.0 Å². The first kappa shape index (κ1) is 15.5. The maximum atomic E-state index is 12.3. The third kappa shape index (κ3) is 4.04. The highest BCUT2D eigenvalue weighted by Gasteiger charge is 2.34. The van der Waals surface area contributed by atoms with Gasteiger partial charge in [0.25, 0.3) is 0 Å². The molecule has 1 aliphatic rings. The molecule has 5 nitrogen and oxygen atoms in total. The van der Waals surface area contributed by atoms with Crippen LogP contribution in [0, 0.1) is 5.92 Å². The summed E-state index contributed by atoms with van der Waals surface area (Å²) in [6.45, 7) is 2.53. The van der Waals surface area contributed by atoms with Gasteiger partial charge in [0.15, 0.2) is 0 Å². The van der Waals surface area contributed by atoms with Crippen LogP contribution in [-0.4, -0.2) is 35.7 Å². The van der Waals surface area contributed by atoms with E-state index in [0.29, 0.717) is 13.0 Å². The fourth-order valence-electron chi connectivity index (χ4n) is 2.68. The molecule has 3 atom stereocenters. The van der Waals surface area contributed by atoms with Crippen molar-refractivity contribution in [1.82, 2.24) is 5.32 Å². The molecule has 2 rings (SSSR count). The monoisotopic (exact) mass is 291 g/mol. The van der Waals surface area contributed by atoms with E-state index in [9.17, 15) is 14.7 Å². The molecule has 0 bridgehead atoms. The molecular weight excluding hydrogens is 270 g/mol. The second kappa shape index (κ2) is 7.22. The number of carbonyl (C=O) groups excluding carboxylic acids is 1. The van der Waals surface area contributed by atoms with E-state index in [1.54, 1.807) is 0 Å². The number of nitrogens with one attached hydrogen (secondary N) is 1. The first-order chi connectivity index (χ1) is 10.1. The molecule has 1 saturated heterocycles. The molecule has 0 saturated carbocycles. The van der Waals surface area contributed by atoms with Crippen LogP contribution in [0.2, 0.25) is 0 Å². The number of carbonyl (C=O) groups is 2. The molecule has 21 heavy (non-hydrogen) atoms. The highest BCUT2D eigenvalue weighted by Crippen LogP contribution is 2.23. The lowest BCUT2D eigenvalue weighted by Crippen LogP contribution is -2.46. The van der Waals surface area contributed by atoms with Crippen molar-refractivity contribution < 1.29 is 19.4 Å². The summed E-state index contributed by atoms with van der Waals surface area (Å²) >= 11 is 0. The summed E-state index contributed by atoms with van der Waals surface area (Å²) < 4.78 is 5.49. The van der Waals surface area contributed by atoms with Crippen LogP contribution < -0.4 is 5.32 Å². The van der Waals surface area contributed by atoms with Gasteiger partial charge in [-0.05, 0) is 18.4 Å². The molecule has 2 unspecified atom stereocenters. The van der Waals surface area contributed by atoms with Crippen LogP contribution in [0.25, 0.3) is 0 Å². The Hall–Kier alpha value is -1.88. The standard InChI is InChI=1S/C16H21NO4/c1-2-14-12(8-9-21-14)15(18)17-13(16(19)20)10-11-6-4-3-5-7-11/h3-7,12-14H,2,8-10H2,1H3,(H,17,18)(H,19,20)/t12?,13-,14?/m1/s1. The lowest BCUT2D eigenvalue weighted by molar-refractivity contribution is -0.142. The third-order valence-electron chi connectivity index (χ3n) is 3.85. The van der Waals surface area contributed by atoms with E-state index in [2.05, 4.69) is 5.32 Å². The largest absolute Gasteiger partial charge is 0.480 e.